The molecule has 0 radical (unpaired) electrons. The molecular weight excluding hydrogens is 211 g/mol. The van der Waals surface area contributed by atoms with Crippen molar-refractivity contribution in [2.24, 2.45) is 0 Å². The van der Waals surface area contributed by atoms with Crippen LogP contribution in [0.2, 0.25) is 0 Å². The molecule has 0 saturated heterocycles. The van der Waals surface area contributed by atoms with E-state index in [0.717, 1.165) is 6.54 Å². The Labute approximate surface area is 87.0 Å². The predicted molar refractivity (Wildman–Crippen MR) is 53.5 cm³/mol. The largest absolute Gasteiger partial charge is 0.673 e. The highest BCUT2D eigenvalue weighted by molar-refractivity contribution is 6.50. The molecule has 1 unspecified atom stereocenters. The Morgan fingerprint density at radius 2 is 1.80 bits per heavy atom. The van der Waals surface area contributed by atoms with Crippen molar-refractivity contribution in [2.75, 3.05) is 13.6 Å². The first-order valence-electron chi connectivity index (χ1n) is 4.40. The number of rotatable bonds is 2. The van der Waals surface area contributed by atoms with Crippen LogP contribution in [-0.2, 0) is 0 Å². The predicted octanol–water partition coefficient (Wildman–Crippen LogP) is 2.54. The quantitative estimate of drug-likeness (QED) is 0.404. The highest BCUT2D eigenvalue weighted by atomic mass is 19.5. The molecule has 1 rings (SSSR count). The lowest BCUT2D eigenvalue weighted by Crippen LogP contribution is -2.33. The van der Waals surface area contributed by atoms with Crippen molar-refractivity contribution in [1.29, 1.82) is 0 Å². The maximum absolute atomic E-state index is 9.75. The molecule has 1 atom stereocenters. The lowest BCUT2D eigenvalue weighted by Gasteiger charge is -2.25. The normalized spacial score (nSPS) is 20.0. The number of halogens is 4. The van der Waals surface area contributed by atoms with Gasteiger partial charge in [-0.25, -0.2) is 0 Å². The van der Waals surface area contributed by atoms with Crippen molar-refractivity contribution in [3.8, 4) is 0 Å². The Kier molecular flexibility index (Phi) is 5.25. The molecule has 15 heavy (non-hydrogen) atoms. The molecule has 0 aromatic carbocycles. The first kappa shape index (κ1) is 13.9. The van der Waals surface area contributed by atoms with Gasteiger partial charge in [0.15, 0.2) is 0 Å². The molecule has 1 aliphatic rings. The van der Waals surface area contributed by atoms with Crippen molar-refractivity contribution >= 4 is 7.25 Å². The minimum Gasteiger partial charge on any atom is -0.418 e. The summed E-state index contributed by atoms with van der Waals surface area (Å²) in [5, 5.41) is 0. The second kappa shape index (κ2) is 5.67. The van der Waals surface area contributed by atoms with Crippen LogP contribution in [0.5, 0.6) is 0 Å². The van der Waals surface area contributed by atoms with Crippen LogP contribution in [0.25, 0.3) is 0 Å². The Balaban J connectivity index is 0.000000336. The molecule has 0 N–H and O–H groups in total. The van der Waals surface area contributed by atoms with Crippen molar-refractivity contribution in [1.82, 2.24) is 9.80 Å². The van der Waals surface area contributed by atoms with Crippen molar-refractivity contribution in [3.05, 3.63) is 25.1 Å². The average molecular weight is 225 g/mol. The standard InChI is InChI=1S/C8H14N2.BF4/c1-4-5-10-7-6-9(3)8(10)2;2-1(3,4)5/h4,6-8H,1,5H2,2-3H3;/q;-1. The fraction of sp³-hybridized carbons (Fsp3) is 0.500. The molecule has 1 heterocycles. The van der Waals surface area contributed by atoms with Gasteiger partial charge in [0.25, 0.3) is 0 Å². The Hall–Kier alpha value is -1.14. The van der Waals surface area contributed by atoms with Gasteiger partial charge in [-0.05, 0) is 6.92 Å². The van der Waals surface area contributed by atoms with E-state index in [1.54, 1.807) is 0 Å². The van der Waals surface area contributed by atoms with Gasteiger partial charge in [-0.1, -0.05) is 6.08 Å². The molecule has 0 spiro atoms. The highest BCUT2D eigenvalue weighted by Gasteiger charge is 2.20. The van der Waals surface area contributed by atoms with E-state index >= 15 is 0 Å². The minimum absolute atomic E-state index is 0.484. The molecule has 0 aromatic heterocycles. The molecule has 0 saturated carbocycles. The molecule has 2 nitrogen and oxygen atoms in total. The van der Waals surface area contributed by atoms with Crippen molar-refractivity contribution in [2.45, 2.75) is 13.1 Å². The Bertz CT molecular complexity index is 223. The molecule has 7 heteroatoms. The molecule has 1 aliphatic heterocycles. The SMILES string of the molecule is C=CCN1C=CN(C)C1C.F[B-](F)(F)F. The molecule has 88 valence electrons. The molecule has 0 fully saturated rings. The van der Waals surface area contributed by atoms with Gasteiger partial charge in [-0.3, -0.25) is 0 Å². The van der Waals surface area contributed by atoms with E-state index in [0.29, 0.717) is 6.17 Å². The van der Waals surface area contributed by atoms with E-state index in [9.17, 15) is 17.3 Å². The third-order valence-corrected chi connectivity index (χ3v) is 1.90. The lowest BCUT2D eigenvalue weighted by molar-refractivity contribution is 0.210. The zero-order valence-corrected chi connectivity index (χ0v) is 8.71. The second-order valence-electron chi connectivity index (χ2n) is 3.08. The Morgan fingerprint density at radius 1 is 1.33 bits per heavy atom. The van der Waals surface area contributed by atoms with Crippen LogP contribution in [0.3, 0.4) is 0 Å². The summed E-state index contributed by atoms with van der Waals surface area (Å²) >= 11 is 0. The summed E-state index contributed by atoms with van der Waals surface area (Å²) in [6, 6.07) is 0. The summed E-state index contributed by atoms with van der Waals surface area (Å²) in [7, 11) is -3.93. The van der Waals surface area contributed by atoms with E-state index in [2.05, 4.69) is 42.8 Å². The smallest absolute Gasteiger partial charge is 0.418 e. The third-order valence-electron chi connectivity index (χ3n) is 1.90. The van der Waals surface area contributed by atoms with Gasteiger partial charge >= 0.3 is 7.25 Å². The van der Waals surface area contributed by atoms with Crippen LogP contribution in [0.15, 0.2) is 25.1 Å². The number of hydrogen-bond acceptors (Lipinski definition) is 2. The fourth-order valence-electron chi connectivity index (χ4n) is 1.04. The van der Waals surface area contributed by atoms with Crippen molar-refractivity contribution < 1.29 is 17.3 Å². The first-order valence-corrected chi connectivity index (χ1v) is 4.40. The van der Waals surface area contributed by atoms with Crippen LogP contribution in [0.4, 0.5) is 17.3 Å². The summed E-state index contributed by atoms with van der Waals surface area (Å²) in [6.07, 6.45) is 6.57. The van der Waals surface area contributed by atoms with E-state index in [-0.39, 0.29) is 0 Å². The monoisotopic (exact) mass is 225 g/mol. The van der Waals surface area contributed by atoms with Gasteiger partial charge < -0.3 is 27.1 Å². The molecule has 0 bridgehead atoms. The van der Waals surface area contributed by atoms with Crippen LogP contribution in [-0.4, -0.2) is 36.8 Å². The fourth-order valence-corrected chi connectivity index (χ4v) is 1.04. The van der Waals surface area contributed by atoms with Gasteiger partial charge in [0, 0.05) is 26.0 Å². The van der Waals surface area contributed by atoms with Gasteiger partial charge in [0.2, 0.25) is 0 Å². The maximum Gasteiger partial charge on any atom is 0.673 e. The number of hydrogen-bond donors (Lipinski definition) is 0. The summed E-state index contributed by atoms with van der Waals surface area (Å²) in [5.41, 5.74) is 0. The maximum atomic E-state index is 9.75. The summed E-state index contributed by atoms with van der Waals surface area (Å²) in [6.45, 7) is 6.79. The van der Waals surface area contributed by atoms with Crippen LogP contribution >= 0.6 is 0 Å². The van der Waals surface area contributed by atoms with E-state index in [4.69, 9.17) is 0 Å². The minimum atomic E-state index is -6.00. The van der Waals surface area contributed by atoms with E-state index in [1.165, 1.54) is 0 Å². The zero-order valence-electron chi connectivity index (χ0n) is 8.71. The van der Waals surface area contributed by atoms with E-state index < -0.39 is 7.25 Å². The third kappa shape index (κ3) is 6.87. The van der Waals surface area contributed by atoms with Gasteiger partial charge in [-0.15, -0.1) is 6.58 Å². The van der Waals surface area contributed by atoms with Crippen molar-refractivity contribution in [3.63, 3.8) is 0 Å². The molecule has 0 aliphatic carbocycles. The van der Waals surface area contributed by atoms with Crippen LogP contribution < -0.4 is 0 Å². The highest BCUT2D eigenvalue weighted by Crippen LogP contribution is 2.11. The van der Waals surface area contributed by atoms with Crippen LogP contribution in [0.1, 0.15) is 6.92 Å². The Morgan fingerprint density at radius 3 is 2.07 bits per heavy atom. The summed E-state index contributed by atoms with van der Waals surface area (Å²) in [5.74, 6) is 0. The first-order chi connectivity index (χ1) is 6.75. The average Bonchev–Trinajstić information content (AvgIpc) is 2.34. The van der Waals surface area contributed by atoms with Gasteiger partial charge in [-0.2, -0.15) is 0 Å². The number of nitrogens with zero attached hydrogens (tertiary/aromatic N) is 2. The summed E-state index contributed by atoms with van der Waals surface area (Å²) < 4.78 is 39.0. The lowest BCUT2D eigenvalue weighted by atomic mass is 10.3. The topological polar surface area (TPSA) is 6.48 Å². The molecule has 0 amide bonds. The zero-order chi connectivity index (χ0) is 12.1. The molecular formula is C8H14BF4N2-. The van der Waals surface area contributed by atoms with Crippen LogP contribution in [0, 0.1) is 0 Å². The van der Waals surface area contributed by atoms with E-state index in [1.807, 2.05) is 6.08 Å². The van der Waals surface area contributed by atoms with Gasteiger partial charge in [0.1, 0.15) is 0 Å². The van der Waals surface area contributed by atoms with Gasteiger partial charge in [0.05, 0.1) is 6.17 Å². The second-order valence-corrected chi connectivity index (χ2v) is 3.08. The summed E-state index contributed by atoms with van der Waals surface area (Å²) in [4.78, 5) is 4.40. The molecule has 0 aromatic rings.